The fraction of sp³-hybridized carbons (Fsp3) is 0.400. The Morgan fingerprint density at radius 1 is 0.913 bits per heavy atom. The van der Waals surface area contributed by atoms with Gasteiger partial charge in [-0.05, 0) is 37.6 Å². The first-order valence-electron chi connectivity index (χ1n) is 8.41. The second-order valence-corrected chi connectivity index (χ2v) is 6.04. The van der Waals surface area contributed by atoms with Crippen molar-refractivity contribution in [2.75, 3.05) is 20.1 Å². The van der Waals surface area contributed by atoms with Crippen molar-refractivity contribution in [2.45, 2.75) is 32.0 Å². The first-order chi connectivity index (χ1) is 11.3. The fourth-order valence-corrected chi connectivity index (χ4v) is 2.79. The van der Waals surface area contributed by atoms with E-state index in [1.807, 2.05) is 7.05 Å². The van der Waals surface area contributed by atoms with E-state index in [0.717, 1.165) is 32.5 Å². The summed E-state index contributed by atoms with van der Waals surface area (Å²) in [6.45, 7) is 3.54. The molecule has 0 amide bonds. The molecule has 1 unspecified atom stereocenters. The minimum Gasteiger partial charge on any atom is -0.392 e. The highest BCUT2D eigenvalue weighted by Crippen LogP contribution is 2.11. The molecule has 0 aliphatic carbocycles. The zero-order valence-electron chi connectivity index (χ0n) is 14.0. The smallest absolute Gasteiger partial charge is 0.0665 e. The molecule has 2 aromatic carbocycles. The molecule has 0 aliphatic rings. The monoisotopic (exact) mass is 312 g/mol. The van der Waals surface area contributed by atoms with E-state index < -0.39 is 0 Å². The van der Waals surface area contributed by atoms with Crippen LogP contribution in [0.2, 0.25) is 0 Å². The number of benzene rings is 2. The predicted octanol–water partition coefficient (Wildman–Crippen LogP) is 3.05. The Hall–Kier alpha value is -1.68. The van der Waals surface area contributed by atoms with E-state index in [9.17, 15) is 5.11 Å². The van der Waals surface area contributed by atoms with Crippen LogP contribution in [-0.4, -0.2) is 36.2 Å². The molecule has 0 radical (unpaired) electrons. The van der Waals surface area contributed by atoms with Crippen LogP contribution in [0, 0.1) is 0 Å². The maximum Gasteiger partial charge on any atom is 0.0665 e. The van der Waals surface area contributed by atoms with Crippen molar-refractivity contribution >= 4 is 0 Å². The van der Waals surface area contributed by atoms with E-state index in [-0.39, 0.29) is 6.10 Å². The van der Waals surface area contributed by atoms with Gasteiger partial charge in [0, 0.05) is 19.6 Å². The molecule has 2 N–H and O–H groups in total. The highest BCUT2D eigenvalue weighted by Gasteiger charge is 2.09. The van der Waals surface area contributed by atoms with Crippen molar-refractivity contribution in [3.8, 4) is 0 Å². The van der Waals surface area contributed by atoms with Gasteiger partial charge in [-0.1, -0.05) is 60.7 Å². The van der Waals surface area contributed by atoms with Gasteiger partial charge in [0.25, 0.3) is 0 Å². The number of nitrogens with one attached hydrogen (secondary N) is 1. The fourth-order valence-electron chi connectivity index (χ4n) is 2.79. The molecule has 0 saturated carbocycles. The lowest BCUT2D eigenvalue weighted by Gasteiger charge is -2.23. The summed E-state index contributed by atoms with van der Waals surface area (Å²) in [4.78, 5) is 2.46. The lowest BCUT2D eigenvalue weighted by molar-refractivity contribution is 0.151. The molecule has 0 bridgehead atoms. The van der Waals surface area contributed by atoms with E-state index >= 15 is 0 Å². The first-order valence-corrected chi connectivity index (χ1v) is 8.41. The molecule has 0 spiro atoms. The largest absolute Gasteiger partial charge is 0.392 e. The quantitative estimate of drug-likeness (QED) is 0.708. The van der Waals surface area contributed by atoms with Gasteiger partial charge < -0.3 is 10.4 Å². The van der Waals surface area contributed by atoms with Crippen molar-refractivity contribution in [1.29, 1.82) is 0 Å². The van der Waals surface area contributed by atoms with E-state index in [1.54, 1.807) is 0 Å². The van der Waals surface area contributed by atoms with Crippen molar-refractivity contribution < 1.29 is 5.11 Å². The molecule has 3 heteroatoms. The Kier molecular flexibility index (Phi) is 7.81. The average Bonchev–Trinajstić information content (AvgIpc) is 2.57. The molecule has 0 heterocycles. The maximum absolute atomic E-state index is 9.86. The third-order valence-electron chi connectivity index (χ3n) is 3.95. The molecule has 23 heavy (non-hydrogen) atoms. The Labute approximate surface area is 140 Å². The minimum atomic E-state index is -0.254. The van der Waals surface area contributed by atoms with Crippen LogP contribution in [0.1, 0.15) is 24.0 Å². The third kappa shape index (κ3) is 6.95. The molecule has 3 nitrogen and oxygen atoms in total. The van der Waals surface area contributed by atoms with Crippen molar-refractivity contribution in [3.63, 3.8) is 0 Å². The summed E-state index contributed by atoms with van der Waals surface area (Å²) in [5.74, 6) is 0. The number of likely N-dealkylation sites (N-methyl/N-ethyl adjacent to an activating group) is 1. The third-order valence-corrected chi connectivity index (χ3v) is 3.95. The number of nitrogens with zero attached hydrogens (tertiary/aromatic N) is 1. The molecule has 0 saturated heterocycles. The SMILES string of the molecule is CNCC(O)CCCN(Cc1ccccc1)Cc1ccccc1. The molecule has 0 aromatic heterocycles. The second-order valence-electron chi connectivity index (χ2n) is 6.04. The molecular formula is C20H28N2O. The summed E-state index contributed by atoms with van der Waals surface area (Å²) in [6, 6.07) is 21.2. The van der Waals surface area contributed by atoms with E-state index in [4.69, 9.17) is 0 Å². The van der Waals surface area contributed by atoms with Crippen LogP contribution in [0.5, 0.6) is 0 Å². The van der Waals surface area contributed by atoms with Gasteiger partial charge in [-0.25, -0.2) is 0 Å². The topological polar surface area (TPSA) is 35.5 Å². The predicted molar refractivity (Wildman–Crippen MR) is 96.2 cm³/mol. The van der Waals surface area contributed by atoms with Gasteiger partial charge in [0.1, 0.15) is 0 Å². The van der Waals surface area contributed by atoms with Crippen LogP contribution in [-0.2, 0) is 13.1 Å². The Morgan fingerprint density at radius 3 is 1.91 bits per heavy atom. The van der Waals surface area contributed by atoms with Crippen molar-refractivity contribution in [1.82, 2.24) is 10.2 Å². The number of hydrogen-bond acceptors (Lipinski definition) is 3. The molecule has 2 aromatic rings. The van der Waals surface area contributed by atoms with Crippen molar-refractivity contribution in [2.24, 2.45) is 0 Å². The van der Waals surface area contributed by atoms with Gasteiger partial charge >= 0.3 is 0 Å². The Bertz CT molecular complexity index is 488. The first kappa shape index (κ1) is 17.7. The van der Waals surface area contributed by atoms with Crippen molar-refractivity contribution in [3.05, 3.63) is 71.8 Å². The van der Waals surface area contributed by atoms with Gasteiger partial charge in [0.15, 0.2) is 0 Å². The maximum atomic E-state index is 9.86. The number of hydrogen-bond donors (Lipinski definition) is 2. The summed E-state index contributed by atoms with van der Waals surface area (Å²) in [6.07, 6.45) is 1.58. The average molecular weight is 312 g/mol. The lowest BCUT2D eigenvalue weighted by Crippen LogP contribution is -2.27. The highest BCUT2D eigenvalue weighted by molar-refractivity contribution is 5.17. The number of aliphatic hydroxyl groups excluding tert-OH is 1. The normalized spacial score (nSPS) is 12.5. The van der Waals surface area contributed by atoms with Crippen LogP contribution < -0.4 is 5.32 Å². The summed E-state index contributed by atoms with van der Waals surface area (Å²) >= 11 is 0. The van der Waals surface area contributed by atoms with Gasteiger partial charge in [-0.2, -0.15) is 0 Å². The summed E-state index contributed by atoms with van der Waals surface area (Å²) in [7, 11) is 1.88. The van der Waals surface area contributed by atoms with Crippen LogP contribution in [0.15, 0.2) is 60.7 Å². The molecule has 1 atom stereocenters. The van der Waals surface area contributed by atoms with E-state index in [0.29, 0.717) is 6.54 Å². The zero-order valence-corrected chi connectivity index (χ0v) is 14.0. The Morgan fingerprint density at radius 2 is 1.43 bits per heavy atom. The molecule has 124 valence electrons. The summed E-state index contributed by atoms with van der Waals surface area (Å²) in [5.41, 5.74) is 2.67. The number of aliphatic hydroxyl groups is 1. The molecular weight excluding hydrogens is 284 g/mol. The van der Waals surface area contributed by atoms with Gasteiger partial charge in [-0.15, -0.1) is 0 Å². The van der Waals surface area contributed by atoms with E-state index in [2.05, 4.69) is 70.9 Å². The molecule has 0 aliphatic heterocycles. The van der Waals surface area contributed by atoms with Gasteiger partial charge in [0.2, 0.25) is 0 Å². The van der Waals surface area contributed by atoms with Crippen LogP contribution in [0.25, 0.3) is 0 Å². The standard InChI is InChI=1S/C20H28N2O/c1-21-15-20(23)13-8-14-22(16-18-9-4-2-5-10-18)17-19-11-6-3-7-12-19/h2-7,9-12,20-21,23H,8,13-17H2,1H3. The highest BCUT2D eigenvalue weighted by atomic mass is 16.3. The van der Waals surface area contributed by atoms with E-state index in [1.165, 1.54) is 11.1 Å². The van der Waals surface area contributed by atoms with Crippen LogP contribution in [0.3, 0.4) is 0 Å². The second kappa shape index (κ2) is 10.2. The van der Waals surface area contributed by atoms with Crippen LogP contribution in [0.4, 0.5) is 0 Å². The lowest BCUT2D eigenvalue weighted by atomic mass is 10.1. The Balaban J connectivity index is 1.91. The summed E-state index contributed by atoms with van der Waals surface area (Å²) < 4.78 is 0. The summed E-state index contributed by atoms with van der Waals surface area (Å²) in [5, 5.41) is 12.9. The molecule has 0 fully saturated rings. The zero-order chi connectivity index (χ0) is 16.3. The molecule has 2 rings (SSSR count). The minimum absolute atomic E-state index is 0.254. The van der Waals surface area contributed by atoms with Gasteiger partial charge in [0.05, 0.1) is 6.10 Å². The number of rotatable bonds is 10. The van der Waals surface area contributed by atoms with Crippen LogP contribution >= 0.6 is 0 Å². The van der Waals surface area contributed by atoms with Gasteiger partial charge in [-0.3, -0.25) is 4.90 Å².